The number of nitrogens with one attached hydrogen (secondary N) is 2. The number of hydrogen-bond donors (Lipinski definition) is 2. The fourth-order valence-corrected chi connectivity index (χ4v) is 3.02. The molecule has 27 heavy (non-hydrogen) atoms. The van der Waals surface area contributed by atoms with Crippen LogP contribution in [0.2, 0.25) is 0 Å². The summed E-state index contributed by atoms with van der Waals surface area (Å²) in [4.78, 5) is 12.0. The van der Waals surface area contributed by atoms with Crippen molar-refractivity contribution in [1.82, 2.24) is 9.62 Å². The maximum Gasteiger partial charge on any atom is 0.416 e. The predicted molar refractivity (Wildman–Crippen MR) is 94.6 cm³/mol. The minimum Gasteiger partial charge on any atom is -0.334 e. The van der Waals surface area contributed by atoms with Crippen molar-refractivity contribution in [3.63, 3.8) is 0 Å². The number of nitrogens with zero attached hydrogens (tertiary/aromatic N) is 1. The van der Waals surface area contributed by atoms with Crippen LogP contribution in [0.5, 0.6) is 0 Å². The normalized spacial score (nSPS) is 12.1. The number of carbonyl (C=O) groups excluding carboxylic acids is 1. The number of rotatable bonds is 5. The lowest BCUT2D eigenvalue weighted by molar-refractivity contribution is -0.137. The first-order valence-corrected chi connectivity index (χ1v) is 9.18. The van der Waals surface area contributed by atoms with Crippen LogP contribution in [0.3, 0.4) is 0 Å². The van der Waals surface area contributed by atoms with Gasteiger partial charge < -0.3 is 10.6 Å². The first-order valence-electron chi connectivity index (χ1n) is 7.74. The van der Waals surface area contributed by atoms with Gasteiger partial charge in [-0.3, -0.25) is 0 Å². The molecule has 0 saturated heterocycles. The smallest absolute Gasteiger partial charge is 0.334 e. The number of halogens is 3. The second-order valence-corrected chi connectivity index (χ2v) is 7.97. The van der Waals surface area contributed by atoms with Crippen LogP contribution in [0.15, 0.2) is 53.4 Å². The molecule has 2 amide bonds. The molecule has 0 spiro atoms. The van der Waals surface area contributed by atoms with Gasteiger partial charge in [0.25, 0.3) is 0 Å². The van der Waals surface area contributed by atoms with Gasteiger partial charge in [0.1, 0.15) is 0 Å². The third kappa shape index (κ3) is 5.44. The number of alkyl halides is 3. The second kappa shape index (κ2) is 7.97. The van der Waals surface area contributed by atoms with Crippen LogP contribution in [0, 0.1) is 0 Å². The van der Waals surface area contributed by atoms with Gasteiger partial charge in [-0.1, -0.05) is 18.2 Å². The van der Waals surface area contributed by atoms with E-state index in [1.54, 1.807) is 12.1 Å². The molecule has 0 heterocycles. The molecule has 0 aromatic heterocycles. The maximum atomic E-state index is 12.7. The van der Waals surface area contributed by atoms with Crippen molar-refractivity contribution in [3.05, 3.63) is 59.7 Å². The Kier molecular flexibility index (Phi) is 6.11. The van der Waals surface area contributed by atoms with E-state index in [0.29, 0.717) is 5.56 Å². The lowest BCUT2D eigenvalue weighted by Gasteiger charge is -2.12. The van der Waals surface area contributed by atoms with Crippen LogP contribution in [0.1, 0.15) is 11.1 Å². The summed E-state index contributed by atoms with van der Waals surface area (Å²) in [5.74, 6) is 0. The lowest BCUT2D eigenvalue weighted by Crippen LogP contribution is -2.28. The average Bonchev–Trinajstić information content (AvgIpc) is 2.59. The van der Waals surface area contributed by atoms with Crippen LogP contribution in [-0.2, 0) is 22.7 Å². The molecule has 0 atom stereocenters. The zero-order chi connectivity index (χ0) is 20.2. The van der Waals surface area contributed by atoms with Gasteiger partial charge in [0, 0.05) is 26.3 Å². The highest BCUT2D eigenvalue weighted by molar-refractivity contribution is 7.89. The standard InChI is InChI=1S/C17H18F3N3O3S/c1-23(2)27(25,26)15-8-6-12(7-9-15)11-21-16(24)22-14-5-3-4-13(10-14)17(18,19)20/h3-10H,11H2,1-2H3,(H2,21,22,24). The number of urea groups is 1. The largest absolute Gasteiger partial charge is 0.416 e. The number of amides is 2. The average molecular weight is 401 g/mol. The Balaban J connectivity index is 1.96. The molecule has 0 aliphatic carbocycles. The SMILES string of the molecule is CN(C)S(=O)(=O)c1ccc(CNC(=O)Nc2cccc(C(F)(F)F)c2)cc1. The van der Waals surface area contributed by atoms with Crippen molar-refractivity contribution in [2.24, 2.45) is 0 Å². The number of carbonyl (C=O) groups is 1. The van der Waals surface area contributed by atoms with Gasteiger partial charge in [-0.2, -0.15) is 13.2 Å². The fourth-order valence-electron chi connectivity index (χ4n) is 2.12. The highest BCUT2D eigenvalue weighted by atomic mass is 32.2. The van der Waals surface area contributed by atoms with E-state index in [2.05, 4.69) is 10.6 Å². The van der Waals surface area contributed by atoms with Gasteiger partial charge in [0.15, 0.2) is 0 Å². The summed E-state index contributed by atoms with van der Waals surface area (Å²) in [6, 6.07) is 9.51. The van der Waals surface area contributed by atoms with Gasteiger partial charge in [0.05, 0.1) is 10.5 Å². The summed E-state index contributed by atoms with van der Waals surface area (Å²) in [5, 5.41) is 4.82. The van der Waals surface area contributed by atoms with E-state index >= 15 is 0 Å². The molecule has 6 nitrogen and oxygen atoms in total. The van der Waals surface area contributed by atoms with E-state index in [1.807, 2.05) is 0 Å². The highest BCUT2D eigenvalue weighted by Gasteiger charge is 2.30. The van der Waals surface area contributed by atoms with Gasteiger partial charge >= 0.3 is 12.2 Å². The van der Waals surface area contributed by atoms with E-state index in [0.717, 1.165) is 16.4 Å². The zero-order valence-electron chi connectivity index (χ0n) is 14.5. The summed E-state index contributed by atoms with van der Waals surface area (Å²) < 4.78 is 63.0. The van der Waals surface area contributed by atoms with Crippen molar-refractivity contribution < 1.29 is 26.4 Å². The Morgan fingerprint density at radius 2 is 1.70 bits per heavy atom. The van der Waals surface area contributed by atoms with Crippen LogP contribution in [0.25, 0.3) is 0 Å². The van der Waals surface area contributed by atoms with Crippen molar-refractivity contribution in [2.45, 2.75) is 17.6 Å². The second-order valence-electron chi connectivity index (χ2n) is 5.82. The van der Waals surface area contributed by atoms with Crippen molar-refractivity contribution in [3.8, 4) is 0 Å². The van der Waals surface area contributed by atoms with Gasteiger partial charge in [-0.05, 0) is 35.9 Å². The number of benzene rings is 2. The Morgan fingerprint density at radius 1 is 1.07 bits per heavy atom. The van der Waals surface area contributed by atoms with Crippen LogP contribution in [0.4, 0.5) is 23.7 Å². The topological polar surface area (TPSA) is 78.5 Å². The molecule has 0 radical (unpaired) electrons. The predicted octanol–water partition coefficient (Wildman–Crippen LogP) is 3.28. The summed E-state index contributed by atoms with van der Waals surface area (Å²) >= 11 is 0. The minimum atomic E-state index is -4.50. The molecule has 0 unspecified atom stereocenters. The molecule has 0 saturated carbocycles. The molecule has 0 bridgehead atoms. The van der Waals surface area contributed by atoms with Gasteiger partial charge in [-0.15, -0.1) is 0 Å². The van der Waals surface area contributed by atoms with E-state index in [9.17, 15) is 26.4 Å². The van der Waals surface area contributed by atoms with Crippen molar-refractivity contribution in [1.29, 1.82) is 0 Å². The molecule has 0 aliphatic heterocycles. The molecule has 10 heteroatoms. The Morgan fingerprint density at radius 3 is 2.26 bits per heavy atom. The van der Waals surface area contributed by atoms with Crippen molar-refractivity contribution >= 4 is 21.7 Å². The van der Waals surface area contributed by atoms with Gasteiger partial charge in [-0.25, -0.2) is 17.5 Å². The summed E-state index contributed by atoms with van der Waals surface area (Å²) in [5.41, 5.74) is -0.223. The molecule has 0 fully saturated rings. The number of anilines is 1. The number of hydrogen-bond acceptors (Lipinski definition) is 3. The third-order valence-corrected chi connectivity index (χ3v) is 5.43. The first kappa shape index (κ1) is 20.7. The Hall–Kier alpha value is -2.59. The van der Waals surface area contributed by atoms with Crippen molar-refractivity contribution in [2.75, 3.05) is 19.4 Å². The Bertz CT molecular complexity index is 911. The molecule has 2 N–H and O–H groups in total. The zero-order valence-corrected chi connectivity index (χ0v) is 15.4. The Labute approximate surface area is 155 Å². The third-order valence-electron chi connectivity index (χ3n) is 3.60. The molecular formula is C17H18F3N3O3S. The molecule has 2 rings (SSSR count). The summed E-state index contributed by atoms with van der Waals surface area (Å²) in [7, 11) is -0.701. The molecule has 0 aliphatic rings. The molecule has 146 valence electrons. The maximum absolute atomic E-state index is 12.7. The van der Waals surface area contributed by atoms with Crippen LogP contribution >= 0.6 is 0 Å². The lowest BCUT2D eigenvalue weighted by atomic mass is 10.2. The van der Waals surface area contributed by atoms with Gasteiger partial charge in [0.2, 0.25) is 10.0 Å². The van der Waals surface area contributed by atoms with Crippen LogP contribution < -0.4 is 10.6 Å². The summed E-state index contributed by atoms with van der Waals surface area (Å²) in [6.07, 6.45) is -4.50. The summed E-state index contributed by atoms with van der Waals surface area (Å²) in [6.45, 7) is 0.0765. The monoisotopic (exact) mass is 401 g/mol. The van der Waals surface area contributed by atoms with E-state index in [4.69, 9.17) is 0 Å². The van der Waals surface area contributed by atoms with Crippen LogP contribution in [-0.4, -0.2) is 32.8 Å². The minimum absolute atomic E-state index is 0.00903. The number of sulfonamides is 1. The van der Waals surface area contributed by atoms with E-state index < -0.39 is 27.8 Å². The molecule has 2 aromatic carbocycles. The highest BCUT2D eigenvalue weighted by Crippen LogP contribution is 2.30. The molecular weight excluding hydrogens is 383 g/mol. The van der Waals surface area contributed by atoms with E-state index in [1.165, 1.54) is 38.4 Å². The quantitative estimate of drug-likeness (QED) is 0.807. The molecule has 2 aromatic rings. The fraction of sp³-hybridized carbons (Fsp3) is 0.235. The van der Waals surface area contributed by atoms with E-state index in [-0.39, 0.29) is 17.1 Å². The first-order chi connectivity index (χ1) is 12.5.